The lowest BCUT2D eigenvalue weighted by molar-refractivity contribution is 0.0691. The van der Waals surface area contributed by atoms with Crippen LogP contribution in [0, 0.1) is 0 Å². The zero-order chi connectivity index (χ0) is 11.8. The predicted molar refractivity (Wildman–Crippen MR) is 60.5 cm³/mol. The van der Waals surface area contributed by atoms with Gasteiger partial charge in [0, 0.05) is 10.9 Å². The number of hydrogen-bond donors (Lipinski definition) is 2. The number of rotatable bonds is 4. The van der Waals surface area contributed by atoms with Crippen LogP contribution >= 0.6 is 0 Å². The summed E-state index contributed by atoms with van der Waals surface area (Å²) in [4.78, 5) is 13.7. The molecule has 3 rings (SSSR count). The van der Waals surface area contributed by atoms with Gasteiger partial charge in [-0.25, -0.2) is 4.79 Å². The molecule has 1 aliphatic rings. The van der Waals surface area contributed by atoms with E-state index in [0.29, 0.717) is 12.4 Å². The summed E-state index contributed by atoms with van der Waals surface area (Å²) in [6, 6.07) is 7.06. The molecule has 1 saturated heterocycles. The fourth-order valence-electron chi connectivity index (χ4n) is 1.72. The number of nitrogens with one attached hydrogen (secondary N) is 1. The second-order valence-electron chi connectivity index (χ2n) is 3.97. The van der Waals surface area contributed by atoms with E-state index in [9.17, 15) is 4.79 Å². The standard InChI is InChI=1S/C12H11NO4/c14-12(15)10-4-8-9(13-10)2-1-3-11(8)17-6-7-5-16-7/h1-4,7,13H,5-6H2,(H,14,15). The predicted octanol–water partition coefficient (Wildman–Crippen LogP) is 1.64. The lowest BCUT2D eigenvalue weighted by Gasteiger charge is -2.04. The fraction of sp³-hybridized carbons (Fsp3) is 0.250. The maximum absolute atomic E-state index is 10.9. The summed E-state index contributed by atoms with van der Waals surface area (Å²) >= 11 is 0. The molecule has 0 spiro atoms. The first kappa shape index (κ1) is 10.2. The summed E-state index contributed by atoms with van der Waals surface area (Å²) in [5, 5.41) is 9.70. The van der Waals surface area contributed by atoms with Gasteiger partial charge in [-0.15, -0.1) is 0 Å². The molecule has 0 radical (unpaired) electrons. The van der Waals surface area contributed by atoms with Gasteiger partial charge in [-0.3, -0.25) is 0 Å². The highest BCUT2D eigenvalue weighted by atomic mass is 16.6. The van der Waals surface area contributed by atoms with Gasteiger partial charge in [-0.2, -0.15) is 0 Å². The maximum atomic E-state index is 10.9. The SMILES string of the molecule is O=C(O)c1cc2c(OCC3CO3)cccc2[nH]1. The number of carboxylic acids is 1. The van der Waals surface area contributed by atoms with E-state index >= 15 is 0 Å². The van der Waals surface area contributed by atoms with Crippen LogP contribution in [0.3, 0.4) is 0 Å². The molecule has 1 aliphatic heterocycles. The van der Waals surface area contributed by atoms with Crippen molar-refractivity contribution in [2.75, 3.05) is 13.2 Å². The summed E-state index contributed by atoms with van der Waals surface area (Å²) in [5.74, 6) is -0.292. The van der Waals surface area contributed by atoms with E-state index in [-0.39, 0.29) is 11.8 Å². The molecule has 5 nitrogen and oxygen atoms in total. The molecule has 2 heterocycles. The van der Waals surface area contributed by atoms with E-state index in [4.69, 9.17) is 14.6 Å². The molecular weight excluding hydrogens is 222 g/mol. The quantitative estimate of drug-likeness (QED) is 0.787. The third-order valence-electron chi connectivity index (χ3n) is 2.68. The first-order valence-electron chi connectivity index (χ1n) is 5.33. The van der Waals surface area contributed by atoms with Crippen molar-refractivity contribution in [2.24, 2.45) is 0 Å². The van der Waals surface area contributed by atoms with Crippen molar-refractivity contribution in [3.8, 4) is 5.75 Å². The summed E-state index contributed by atoms with van der Waals surface area (Å²) in [5.41, 5.74) is 0.926. The summed E-state index contributed by atoms with van der Waals surface area (Å²) in [7, 11) is 0. The summed E-state index contributed by atoms with van der Waals surface area (Å²) in [6.07, 6.45) is 0.183. The monoisotopic (exact) mass is 233 g/mol. The minimum Gasteiger partial charge on any atom is -0.490 e. The Balaban J connectivity index is 1.95. The van der Waals surface area contributed by atoms with Crippen LogP contribution in [0.15, 0.2) is 24.3 Å². The van der Waals surface area contributed by atoms with Gasteiger partial charge in [0.05, 0.1) is 6.61 Å². The van der Waals surface area contributed by atoms with Crippen LogP contribution in [0.4, 0.5) is 0 Å². The van der Waals surface area contributed by atoms with Gasteiger partial charge in [0.25, 0.3) is 0 Å². The minimum atomic E-state index is -0.974. The molecule has 0 bridgehead atoms. The van der Waals surface area contributed by atoms with Crippen molar-refractivity contribution in [3.05, 3.63) is 30.0 Å². The van der Waals surface area contributed by atoms with Crippen LogP contribution in [-0.4, -0.2) is 35.4 Å². The second kappa shape index (κ2) is 3.78. The molecule has 17 heavy (non-hydrogen) atoms. The summed E-state index contributed by atoms with van der Waals surface area (Å²) in [6.45, 7) is 1.25. The average molecular weight is 233 g/mol. The molecule has 1 atom stereocenters. The lowest BCUT2D eigenvalue weighted by Crippen LogP contribution is -2.03. The van der Waals surface area contributed by atoms with Gasteiger partial charge in [0.1, 0.15) is 24.2 Å². The Bertz CT molecular complexity index is 571. The number of benzene rings is 1. The van der Waals surface area contributed by atoms with Crippen molar-refractivity contribution in [1.82, 2.24) is 4.98 Å². The molecule has 1 aromatic carbocycles. The number of hydrogen-bond acceptors (Lipinski definition) is 3. The van der Waals surface area contributed by atoms with Crippen molar-refractivity contribution < 1.29 is 19.4 Å². The van der Waals surface area contributed by atoms with E-state index < -0.39 is 5.97 Å². The molecule has 1 fully saturated rings. The van der Waals surface area contributed by atoms with Crippen molar-refractivity contribution in [3.63, 3.8) is 0 Å². The molecule has 5 heteroatoms. The van der Waals surface area contributed by atoms with Gasteiger partial charge >= 0.3 is 5.97 Å². The van der Waals surface area contributed by atoms with Crippen LogP contribution < -0.4 is 4.74 Å². The molecule has 0 aliphatic carbocycles. The lowest BCUT2D eigenvalue weighted by atomic mass is 10.2. The highest BCUT2D eigenvalue weighted by molar-refractivity contribution is 5.96. The molecule has 2 aromatic rings. The van der Waals surface area contributed by atoms with Gasteiger partial charge in [-0.1, -0.05) is 6.07 Å². The average Bonchev–Trinajstić information content (AvgIpc) is 3.02. The maximum Gasteiger partial charge on any atom is 0.352 e. The molecule has 0 saturated carbocycles. The van der Waals surface area contributed by atoms with Gasteiger partial charge in [-0.05, 0) is 18.2 Å². The number of carboxylic acid groups (broad SMARTS) is 1. The summed E-state index contributed by atoms with van der Waals surface area (Å²) < 4.78 is 10.7. The van der Waals surface area contributed by atoms with Crippen molar-refractivity contribution >= 4 is 16.9 Å². The number of aromatic carboxylic acids is 1. The number of carbonyl (C=O) groups is 1. The number of ether oxygens (including phenoxy) is 2. The Kier molecular flexibility index (Phi) is 2.26. The number of aromatic amines is 1. The topological polar surface area (TPSA) is 74.8 Å². The van der Waals surface area contributed by atoms with Gasteiger partial charge < -0.3 is 19.6 Å². The molecule has 88 valence electrons. The Morgan fingerprint density at radius 2 is 2.41 bits per heavy atom. The zero-order valence-electron chi connectivity index (χ0n) is 8.97. The van der Waals surface area contributed by atoms with Crippen LogP contribution in [0.2, 0.25) is 0 Å². The molecule has 1 aromatic heterocycles. The third kappa shape index (κ3) is 1.97. The van der Waals surface area contributed by atoms with Crippen LogP contribution in [0.1, 0.15) is 10.5 Å². The van der Waals surface area contributed by atoms with E-state index in [2.05, 4.69) is 4.98 Å². The second-order valence-corrected chi connectivity index (χ2v) is 3.97. The third-order valence-corrected chi connectivity index (χ3v) is 2.68. The number of fused-ring (bicyclic) bond motifs is 1. The zero-order valence-corrected chi connectivity index (χ0v) is 8.97. The fourth-order valence-corrected chi connectivity index (χ4v) is 1.72. The van der Waals surface area contributed by atoms with Gasteiger partial charge in [0.2, 0.25) is 0 Å². The van der Waals surface area contributed by atoms with E-state index in [1.54, 1.807) is 6.07 Å². The Morgan fingerprint density at radius 3 is 3.12 bits per heavy atom. The Morgan fingerprint density at radius 1 is 1.59 bits per heavy atom. The largest absolute Gasteiger partial charge is 0.490 e. The highest BCUT2D eigenvalue weighted by Crippen LogP contribution is 2.27. The molecule has 0 amide bonds. The van der Waals surface area contributed by atoms with E-state index in [0.717, 1.165) is 17.5 Å². The first-order valence-corrected chi connectivity index (χ1v) is 5.33. The molecular formula is C12H11NO4. The number of aromatic nitrogens is 1. The number of epoxide rings is 1. The van der Waals surface area contributed by atoms with Crippen molar-refractivity contribution in [1.29, 1.82) is 0 Å². The van der Waals surface area contributed by atoms with Crippen LogP contribution in [-0.2, 0) is 4.74 Å². The Labute approximate surface area is 97.0 Å². The normalized spacial score (nSPS) is 18.2. The Hall–Kier alpha value is -2.01. The van der Waals surface area contributed by atoms with Gasteiger partial charge in [0.15, 0.2) is 0 Å². The van der Waals surface area contributed by atoms with Crippen LogP contribution in [0.25, 0.3) is 10.9 Å². The van der Waals surface area contributed by atoms with E-state index in [1.165, 1.54) is 0 Å². The first-order chi connectivity index (χ1) is 8.24. The molecule has 2 N–H and O–H groups in total. The molecule has 1 unspecified atom stereocenters. The minimum absolute atomic E-state index is 0.165. The number of H-pyrrole nitrogens is 1. The van der Waals surface area contributed by atoms with Crippen LogP contribution in [0.5, 0.6) is 5.75 Å². The smallest absolute Gasteiger partial charge is 0.352 e. The van der Waals surface area contributed by atoms with Crippen molar-refractivity contribution in [2.45, 2.75) is 6.10 Å². The highest BCUT2D eigenvalue weighted by Gasteiger charge is 2.23. The van der Waals surface area contributed by atoms with E-state index in [1.807, 2.05) is 18.2 Å².